The lowest BCUT2D eigenvalue weighted by molar-refractivity contribution is -0.139. The Morgan fingerprint density at radius 2 is 2.05 bits per heavy atom. The Morgan fingerprint density at radius 3 is 2.63 bits per heavy atom. The topological polar surface area (TPSA) is 78.4 Å². The van der Waals surface area contributed by atoms with E-state index >= 15 is 0 Å². The number of halogens is 2. The smallest absolute Gasteiger partial charge is 0.320 e. The number of anilines is 1. The molecule has 0 aromatic heterocycles. The van der Waals surface area contributed by atoms with Gasteiger partial charge in [-0.3, -0.25) is 14.9 Å². The maximum absolute atomic E-state index is 12.0. The van der Waals surface area contributed by atoms with Crippen LogP contribution in [-0.2, 0) is 9.59 Å². The van der Waals surface area contributed by atoms with Crippen LogP contribution in [-0.4, -0.2) is 29.1 Å². The van der Waals surface area contributed by atoms with Crippen molar-refractivity contribution in [1.29, 1.82) is 0 Å². The van der Waals surface area contributed by atoms with Gasteiger partial charge >= 0.3 is 5.97 Å². The van der Waals surface area contributed by atoms with E-state index < -0.39 is 18.1 Å². The molecule has 1 heterocycles. The predicted molar refractivity (Wildman–Crippen MR) is 75.4 cm³/mol. The van der Waals surface area contributed by atoms with Crippen LogP contribution in [0, 0.1) is 0 Å². The molecule has 7 heteroatoms. The monoisotopic (exact) mass is 346 g/mol. The first kappa shape index (κ1) is 14.3. The van der Waals surface area contributed by atoms with E-state index in [1.807, 2.05) is 0 Å². The van der Waals surface area contributed by atoms with Gasteiger partial charge in [-0.15, -0.1) is 0 Å². The van der Waals surface area contributed by atoms with E-state index in [4.69, 9.17) is 16.7 Å². The minimum atomic E-state index is -0.929. The SMILES string of the molecule is O=C(O)[C@@H]1CC[C@H](C(=O)Nc2ccc(Br)c(Cl)c2)N1. The second kappa shape index (κ2) is 5.90. The molecule has 102 valence electrons. The molecule has 19 heavy (non-hydrogen) atoms. The molecular weight excluding hydrogens is 336 g/mol. The molecule has 1 saturated heterocycles. The third-order valence-electron chi connectivity index (χ3n) is 2.95. The Labute approximate surface area is 123 Å². The van der Waals surface area contributed by atoms with Gasteiger partial charge < -0.3 is 10.4 Å². The van der Waals surface area contributed by atoms with E-state index in [1.54, 1.807) is 18.2 Å². The fourth-order valence-corrected chi connectivity index (χ4v) is 2.37. The fraction of sp³-hybridized carbons (Fsp3) is 0.333. The number of nitrogens with one attached hydrogen (secondary N) is 2. The summed E-state index contributed by atoms with van der Waals surface area (Å²) in [6.07, 6.45) is 0.960. The molecule has 1 aromatic carbocycles. The fourth-order valence-electron chi connectivity index (χ4n) is 1.95. The van der Waals surface area contributed by atoms with Gasteiger partial charge in [0.1, 0.15) is 6.04 Å². The minimum absolute atomic E-state index is 0.248. The first-order valence-electron chi connectivity index (χ1n) is 5.72. The average molecular weight is 348 g/mol. The molecule has 1 aliphatic rings. The van der Waals surface area contributed by atoms with Crippen molar-refractivity contribution in [2.24, 2.45) is 0 Å². The van der Waals surface area contributed by atoms with Gasteiger partial charge in [-0.2, -0.15) is 0 Å². The van der Waals surface area contributed by atoms with Gasteiger partial charge in [0.25, 0.3) is 0 Å². The number of carboxylic acids is 1. The third kappa shape index (κ3) is 3.46. The molecule has 1 aromatic rings. The van der Waals surface area contributed by atoms with Gasteiger partial charge in [-0.25, -0.2) is 0 Å². The van der Waals surface area contributed by atoms with Crippen molar-refractivity contribution < 1.29 is 14.7 Å². The second-order valence-electron chi connectivity index (χ2n) is 4.31. The molecule has 0 aliphatic carbocycles. The minimum Gasteiger partial charge on any atom is -0.480 e. The lowest BCUT2D eigenvalue weighted by atomic mass is 10.2. The summed E-state index contributed by atoms with van der Waals surface area (Å²) in [4.78, 5) is 22.8. The Balaban J connectivity index is 1.98. The van der Waals surface area contributed by atoms with Crippen LogP contribution >= 0.6 is 27.5 Å². The number of hydrogen-bond acceptors (Lipinski definition) is 3. The maximum Gasteiger partial charge on any atom is 0.320 e. The summed E-state index contributed by atoms with van der Waals surface area (Å²) in [6.45, 7) is 0. The lowest BCUT2D eigenvalue weighted by Gasteiger charge is -2.12. The molecular formula is C12H12BrClN2O3. The number of benzene rings is 1. The van der Waals surface area contributed by atoms with Crippen LogP contribution in [0.2, 0.25) is 5.02 Å². The van der Waals surface area contributed by atoms with Crippen LogP contribution in [0.15, 0.2) is 22.7 Å². The Morgan fingerprint density at radius 1 is 1.37 bits per heavy atom. The zero-order valence-corrected chi connectivity index (χ0v) is 12.2. The average Bonchev–Trinajstić information content (AvgIpc) is 2.83. The summed E-state index contributed by atoms with van der Waals surface area (Å²) < 4.78 is 0.747. The van der Waals surface area contributed by atoms with Crippen molar-refractivity contribution in [3.63, 3.8) is 0 Å². The first-order valence-corrected chi connectivity index (χ1v) is 6.89. The lowest BCUT2D eigenvalue weighted by Crippen LogP contribution is -2.41. The normalized spacial score (nSPS) is 22.2. The zero-order valence-electron chi connectivity index (χ0n) is 9.82. The predicted octanol–water partition coefficient (Wildman–Crippen LogP) is 2.25. The summed E-state index contributed by atoms with van der Waals surface area (Å²) in [5.41, 5.74) is 0.582. The largest absolute Gasteiger partial charge is 0.480 e. The standard InChI is InChI=1S/C12H12BrClN2O3/c13-7-2-1-6(5-8(7)14)15-11(17)9-3-4-10(16-9)12(18)19/h1-2,5,9-10,16H,3-4H2,(H,15,17)(H,18,19)/t9-,10+/m1/s1. The molecule has 2 atom stereocenters. The van der Waals surface area contributed by atoms with Crippen LogP contribution in [0.4, 0.5) is 5.69 Å². The molecule has 1 aliphatic heterocycles. The second-order valence-corrected chi connectivity index (χ2v) is 5.57. The van der Waals surface area contributed by atoms with E-state index in [0.717, 1.165) is 4.47 Å². The molecule has 0 saturated carbocycles. The zero-order chi connectivity index (χ0) is 14.0. The van der Waals surface area contributed by atoms with Crippen molar-refractivity contribution in [3.8, 4) is 0 Å². The highest BCUT2D eigenvalue weighted by molar-refractivity contribution is 9.10. The van der Waals surface area contributed by atoms with E-state index in [0.29, 0.717) is 23.6 Å². The van der Waals surface area contributed by atoms with Crippen molar-refractivity contribution in [1.82, 2.24) is 5.32 Å². The molecule has 0 spiro atoms. The molecule has 1 amide bonds. The summed E-state index contributed by atoms with van der Waals surface area (Å²) >= 11 is 9.19. The van der Waals surface area contributed by atoms with Gasteiger partial charge in [-0.1, -0.05) is 11.6 Å². The number of aliphatic carboxylic acids is 1. The molecule has 1 fully saturated rings. The highest BCUT2D eigenvalue weighted by Crippen LogP contribution is 2.26. The van der Waals surface area contributed by atoms with Crippen molar-refractivity contribution in [2.75, 3.05) is 5.32 Å². The Kier molecular flexibility index (Phi) is 4.44. The summed E-state index contributed by atoms with van der Waals surface area (Å²) in [7, 11) is 0. The van der Waals surface area contributed by atoms with Crippen LogP contribution in [0.5, 0.6) is 0 Å². The van der Waals surface area contributed by atoms with Gasteiger partial charge in [-0.05, 0) is 47.0 Å². The highest BCUT2D eigenvalue weighted by Gasteiger charge is 2.32. The van der Waals surface area contributed by atoms with Crippen LogP contribution in [0.3, 0.4) is 0 Å². The van der Waals surface area contributed by atoms with Gasteiger partial charge in [0.15, 0.2) is 0 Å². The molecule has 3 N–H and O–H groups in total. The van der Waals surface area contributed by atoms with E-state index in [9.17, 15) is 9.59 Å². The van der Waals surface area contributed by atoms with Crippen molar-refractivity contribution in [3.05, 3.63) is 27.7 Å². The summed E-state index contributed by atoms with van der Waals surface area (Å²) in [5, 5.41) is 14.8. The number of carboxylic acid groups (broad SMARTS) is 1. The number of rotatable bonds is 3. The molecule has 5 nitrogen and oxygen atoms in total. The summed E-state index contributed by atoms with van der Waals surface area (Å²) in [6, 6.07) is 3.96. The van der Waals surface area contributed by atoms with Crippen LogP contribution in [0.25, 0.3) is 0 Å². The highest BCUT2D eigenvalue weighted by atomic mass is 79.9. The van der Waals surface area contributed by atoms with Gasteiger partial charge in [0, 0.05) is 10.2 Å². The quantitative estimate of drug-likeness (QED) is 0.783. The number of amides is 1. The third-order valence-corrected chi connectivity index (χ3v) is 4.18. The van der Waals surface area contributed by atoms with E-state index in [1.165, 1.54) is 0 Å². The van der Waals surface area contributed by atoms with E-state index in [2.05, 4.69) is 26.6 Å². The van der Waals surface area contributed by atoms with Crippen molar-refractivity contribution in [2.45, 2.75) is 24.9 Å². The van der Waals surface area contributed by atoms with Crippen LogP contribution < -0.4 is 10.6 Å². The summed E-state index contributed by atoms with van der Waals surface area (Å²) in [5.74, 6) is -1.18. The molecule has 0 unspecified atom stereocenters. The van der Waals surface area contributed by atoms with Crippen molar-refractivity contribution >= 4 is 45.1 Å². The maximum atomic E-state index is 12.0. The van der Waals surface area contributed by atoms with Gasteiger partial charge in [0.2, 0.25) is 5.91 Å². The number of hydrogen-bond donors (Lipinski definition) is 3. The number of carbonyl (C=O) groups is 2. The molecule has 0 radical (unpaired) electrons. The Hall–Kier alpha value is -1.11. The van der Waals surface area contributed by atoms with Crippen LogP contribution in [0.1, 0.15) is 12.8 Å². The van der Waals surface area contributed by atoms with E-state index in [-0.39, 0.29) is 5.91 Å². The van der Waals surface area contributed by atoms with Gasteiger partial charge in [0.05, 0.1) is 11.1 Å². The molecule has 0 bridgehead atoms. The molecule has 2 rings (SSSR count). The first-order chi connectivity index (χ1) is 8.97. The Bertz CT molecular complexity index is 524. The number of carbonyl (C=O) groups excluding carboxylic acids is 1.